The molecule has 7 N–H and O–H groups in total. The molecule has 0 aromatic heterocycles. The predicted molar refractivity (Wildman–Crippen MR) is 97.5 cm³/mol. The van der Waals surface area contributed by atoms with Crippen LogP contribution in [0.4, 0.5) is 18.9 Å². The summed E-state index contributed by atoms with van der Waals surface area (Å²) in [4.78, 5) is -1.01. The Morgan fingerprint density at radius 3 is 2.45 bits per heavy atom. The lowest BCUT2D eigenvalue weighted by Crippen LogP contribution is -2.33. The zero-order valence-corrected chi connectivity index (χ0v) is 15.5. The summed E-state index contributed by atoms with van der Waals surface area (Å²) < 4.78 is 71.2. The van der Waals surface area contributed by atoms with Crippen LogP contribution in [0, 0.1) is 0 Å². The van der Waals surface area contributed by atoms with Gasteiger partial charge in [0.15, 0.2) is 0 Å². The topological polar surface area (TPSA) is 130 Å². The molecule has 0 saturated carbocycles. The number of ether oxygens (including phenoxy) is 1. The van der Waals surface area contributed by atoms with Crippen LogP contribution in [-0.2, 0) is 16.2 Å². The Labute approximate surface area is 163 Å². The summed E-state index contributed by atoms with van der Waals surface area (Å²) in [6, 6.07) is 7.02. The normalized spacial score (nSPS) is 17.5. The van der Waals surface area contributed by atoms with E-state index in [0.29, 0.717) is 36.2 Å². The molecule has 0 amide bonds. The van der Waals surface area contributed by atoms with E-state index in [0.717, 1.165) is 0 Å². The molecule has 0 bridgehead atoms. The number of nitrogens with two attached hydrogens (primary N) is 1. The monoisotopic (exact) mass is 430 g/mol. The summed E-state index contributed by atoms with van der Waals surface area (Å²) in [5.41, 5.74) is 9.99. The number of alkyl halides is 3. The minimum absolute atomic E-state index is 0.192. The average molecular weight is 430 g/mol. The first-order chi connectivity index (χ1) is 13.7. The Hall–Kier alpha value is -2.42. The third-order valence-corrected chi connectivity index (χ3v) is 5.55. The molecule has 156 valence electrons. The number of para-hydroxylation sites is 1. The number of nitrogens with one attached hydrogen (secondary N) is 5. The molecule has 2 aromatic carbocycles. The van der Waals surface area contributed by atoms with Gasteiger partial charge in [0.25, 0.3) is 0 Å². The highest BCUT2D eigenvalue weighted by molar-refractivity contribution is 7.89. The highest BCUT2D eigenvalue weighted by Gasteiger charge is 2.41. The molecular formula is C16H17F3N6O3S. The van der Waals surface area contributed by atoms with Gasteiger partial charge in [-0.05, 0) is 17.7 Å². The van der Waals surface area contributed by atoms with Crippen molar-refractivity contribution in [2.24, 2.45) is 5.14 Å². The Kier molecular flexibility index (Phi) is 4.88. The maximum Gasteiger partial charge on any atom is 0.417 e. The molecule has 2 aliphatic heterocycles. The molecule has 1 saturated heterocycles. The number of halogens is 3. The minimum Gasteiger partial charge on any atom is -0.489 e. The lowest BCUT2D eigenvalue weighted by Gasteiger charge is -2.26. The first-order valence-corrected chi connectivity index (χ1v) is 10.0. The van der Waals surface area contributed by atoms with Crippen LogP contribution < -0.4 is 37.1 Å². The zero-order valence-electron chi connectivity index (χ0n) is 14.7. The van der Waals surface area contributed by atoms with E-state index < -0.39 is 32.8 Å². The fourth-order valence-corrected chi connectivity index (χ4v) is 4.45. The van der Waals surface area contributed by atoms with E-state index in [1.807, 2.05) is 0 Å². The van der Waals surface area contributed by atoms with Crippen molar-refractivity contribution >= 4 is 15.7 Å². The summed E-state index contributed by atoms with van der Waals surface area (Å²) >= 11 is 0. The van der Waals surface area contributed by atoms with Crippen molar-refractivity contribution in [2.45, 2.75) is 17.2 Å². The highest BCUT2D eigenvalue weighted by Crippen LogP contribution is 2.45. The number of hydrogen-bond donors (Lipinski definition) is 6. The number of fused-ring (bicyclic) bond motifs is 1. The number of rotatable bonds is 3. The van der Waals surface area contributed by atoms with Gasteiger partial charge in [-0.15, -0.1) is 0 Å². The largest absolute Gasteiger partial charge is 0.489 e. The van der Waals surface area contributed by atoms with Crippen molar-refractivity contribution < 1.29 is 26.3 Å². The standard InChI is InChI=1S/C16H17F3N6O3S/c17-16(18,19)10-5-4-8(9-2-1-3-11-13(9)28-7-6-21-11)12(14(10)29(20,26)27)15-22-24-25-23-15/h1-5,15,21-25H,6-7H2,(H2,20,26,27). The third-order valence-electron chi connectivity index (χ3n) is 4.54. The molecule has 2 heterocycles. The molecule has 0 spiro atoms. The fourth-order valence-electron chi connectivity index (χ4n) is 3.43. The van der Waals surface area contributed by atoms with Gasteiger partial charge in [0.05, 0.1) is 11.3 Å². The van der Waals surface area contributed by atoms with E-state index >= 15 is 0 Å². The summed E-state index contributed by atoms with van der Waals surface area (Å²) in [7, 11) is -4.75. The second-order valence-corrected chi connectivity index (χ2v) is 7.87. The van der Waals surface area contributed by atoms with Gasteiger partial charge in [-0.2, -0.15) is 24.2 Å². The van der Waals surface area contributed by atoms with Crippen LogP contribution in [0.25, 0.3) is 11.1 Å². The average Bonchev–Trinajstić information content (AvgIpc) is 3.19. The van der Waals surface area contributed by atoms with E-state index in [1.165, 1.54) is 6.07 Å². The molecule has 0 atom stereocenters. The molecule has 13 heteroatoms. The molecule has 9 nitrogen and oxygen atoms in total. The molecule has 2 aromatic rings. The number of benzene rings is 2. The van der Waals surface area contributed by atoms with E-state index in [2.05, 4.69) is 27.2 Å². The smallest absolute Gasteiger partial charge is 0.417 e. The molecule has 2 aliphatic rings. The van der Waals surface area contributed by atoms with Crippen molar-refractivity contribution in [3.63, 3.8) is 0 Å². The lowest BCUT2D eigenvalue weighted by molar-refractivity contribution is -0.140. The number of anilines is 1. The fraction of sp³-hybridized carbons (Fsp3) is 0.250. The van der Waals surface area contributed by atoms with Gasteiger partial charge in [0.1, 0.15) is 23.4 Å². The van der Waals surface area contributed by atoms with Gasteiger partial charge in [0, 0.05) is 17.7 Å². The Bertz CT molecular complexity index is 1050. The number of hydrazine groups is 3. The molecule has 1 fully saturated rings. The first-order valence-electron chi connectivity index (χ1n) is 8.46. The van der Waals surface area contributed by atoms with Gasteiger partial charge in [0.2, 0.25) is 10.0 Å². The van der Waals surface area contributed by atoms with Crippen LogP contribution in [0.2, 0.25) is 0 Å². The van der Waals surface area contributed by atoms with Crippen LogP contribution in [0.1, 0.15) is 17.3 Å². The highest BCUT2D eigenvalue weighted by atomic mass is 32.2. The molecule has 4 rings (SSSR count). The first kappa shape index (κ1) is 19.9. The van der Waals surface area contributed by atoms with Gasteiger partial charge >= 0.3 is 6.18 Å². The van der Waals surface area contributed by atoms with Gasteiger partial charge in [-0.25, -0.2) is 24.4 Å². The van der Waals surface area contributed by atoms with Crippen molar-refractivity contribution in [2.75, 3.05) is 18.5 Å². The summed E-state index contributed by atoms with van der Waals surface area (Å²) in [5.74, 6) is 0.416. The maximum atomic E-state index is 13.6. The molecule has 0 aliphatic carbocycles. The third kappa shape index (κ3) is 3.63. The molecular weight excluding hydrogens is 413 g/mol. The van der Waals surface area contributed by atoms with Crippen LogP contribution in [-0.4, -0.2) is 21.6 Å². The van der Waals surface area contributed by atoms with Crippen LogP contribution >= 0.6 is 0 Å². The van der Waals surface area contributed by atoms with E-state index in [1.54, 1.807) is 18.2 Å². The van der Waals surface area contributed by atoms with Crippen molar-refractivity contribution in [1.82, 2.24) is 21.9 Å². The molecule has 0 radical (unpaired) electrons. The Morgan fingerprint density at radius 1 is 1.07 bits per heavy atom. The quantitative estimate of drug-likeness (QED) is 0.425. The number of sulfonamides is 1. The maximum absolute atomic E-state index is 13.6. The molecule has 0 unspecified atom stereocenters. The number of hydrogen-bond acceptors (Lipinski definition) is 8. The Balaban J connectivity index is 2.06. The minimum atomic E-state index is -4.93. The molecule has 29 heavy (non-hydrogen) atoms. The van der Waals surface area contributed by atoms with Gasteiger partial charge < -0.3 is 10.1 Å². The van der Waals surface area contributed by atoms with Crippen molar-refractivity contribution in [1.29, 1.82) is 0 Å². The van der Waals surface area contributed by atoms with Gasteiger partial charge in [-0.3, -0.25) is 0 Å². The Morgan fingerprint density at radius 2 is 1.79 bits per heavy atom. The van der Waals surface area contributed by atoms with Crippen LogP contribution in [0.15, 0.2) is 35.2 Å². The second-order valence-electron chi connectivity index (χ2n) is 6.38. The van der Waals surface area contributed by atoms with Crippen LogP contribution in [0.5, 0.6) is 5.75 Å². The predicted octanol–water partition coefficient (Wildman–Crippen LogP) is 0.940. The summed E-state index contributed by atoms with van der Waals surface area (Å²) in [6.07, 6.45) is -5.96. The zero-order chi connectivity index (χ0) is 20.8. The van der Waals surface area contributed by atoms with E-state index in [9.17, 15) is 21.6 Å². The van der Waals surface area contributed by atoms with Crippen molar-refractivity contribution in [3.05, 3.63) is 41.5 Å². The van der Waals surface area contributed by atoms with Crippen LogP contribution in [0.3, 0.4) is 0 Å². The SMILES string of the molecule is NS(=O)(=O)c1c(C(F)(F)F)ccc(-c2cccc3c2OCCN3)c1C1NNNN1. The van der Waals surface area contributed by atoms with Crippen molar-refractivity contribution in [3.8, 4) is 16.9 Å². The lowest BCUT2D eigenvalue weighted by atomic mass is 9.94. The summed E-state index contributed by atoms with van der Waals surface area (Å²) in [5, 5.41) is 8.38. The summed E-state index contributed by atoms with van der Waals surface area (Å²) in [6.45, 7) is 0.920. The van der Waals surface area contributed by atoms with E-state index in [-0.39, 0.29) is 11.1 Å². The number of primary sulfonamides is 1. The van der Waals surface area contributed by atoms with Gasteiger partial charge in [-0.1, -0.05) is 18.2 Å². The van der Waals surface area contributed by atoms with E-state index in [4.69, 9.17) is 9.88 Å². The second kappa shape index (κ2) is 7.12.